The lowest BCUT2D eigenvalue weighted by Gasteiger charge is -2.33. The molecule has 3 heterocycles. The summed E-state index contributed by atoms with van der Waals surface area (Å²) >= 11 is 1.79. The fourth-order valence-corrected chi connectivity index (χ4v) is 3.84. The second-order valence-corrected chi connectivity index (χ2v) is 6.36. The lowest BCUT2D eigenvalue weighted by atomic mass is 10.0. The normalized spacial score (nSPS) is 17.5. The SMILES string of the molecule is CNc1cc(C(=O)N2CCc3sccc3C2C)cc(C)n1. The van der Waals surface area contributed by atoms with Crippen molar-refractivity contribution in [1.29, 1.82) is 0 Å². The summed E-state index contributed by atoms with van der Waals surface area (Å²) in [6.45, 7) is 4.80. The molecule has 0 radical (unpaired) electrons. The first kappa shape index (κ1) is 14.1. The molecule has 2 aromatic heterocycles. The van der Waals surface area contributed by atoms with Crippen LogP contribution in [0.2, 0.25) is 0 Å². The lowest BCUT2D eigenvalue weighted by Crippen LogP contribution is -2.38. The van der Waals surface area contributed by atoms with Gasteiger partial charge in [0.25, 0.3) is 5.91 Å². The molecule has 1 unspecified atom stereocenters. The minimum Gasteiger partial charge on any atom is -0.373 e. The van der Waals surface area contributed by atoms with Crippen molar-refractivity contribution in [1.82, 2.24) is 9.88 Å². The number of hydrogen-bond donors (Lipinski definition) is 1. The van der Waals surface area contributed by atoms with E-state index in [2.05, 4.69) is 28.7 Å². The van der Waals surface area contributed by atoms with E-state index < -0.39 is 0 Å². The molecule has 110 valence electrons. The molecule has 1 atom stereocenters. The number of hydrogen-bond acceptors (Lipinski definition) is 4. The van der Waals surface area contributed by atoms with Gasteiger partial charge in [-0.2, -0.15) is 0 Å². The molecule has 21 heavy (non-hydrogen) atoms. The molecule has 3 rings (SSSR count). The second-order valence-electron chi connectivity index (χ2n) is 5.36. The quantitative estimate of drug-likeness (QED) is 0.926. The molecular formula is C16H19N3OS. The summed E-state index contributed by atoms with van der Waals surface area (Å²) in [6.07, 6.45) is 0.950. The zero-order valence-corrected chi connectivity index (χ0v) is 13.3. The van der Waals surface area contributed by atoms with Gasteiger partial charge in [-0.25, -0.2) is 4.98 Å². The Bertz CT molecular complexity index is 680. The van der Waals surface area contributed by atoms with E-state index in [1.807, 2.05) is 31.0 Å². The van der Waals surface area contributed by atoms with Crippen LogP contribution >= 0.6 is 11.3 Å². The monoisotopic (exact) mass is 301 g/mol. The third-order valence-corrected chi connectivity index (χ3v) is 4.99. The summed E-state index contributed by atoms with van der Waals surface area (Å²) in [4.78, 5) is 20.6. The van der Waals surface area contributed by atoms with Gasteiger partial charge in [-0.1, -0.05) is 0 Å². The standard InChI is InChI=1S/C16H19N3OS/c1-10-8-12(9-15(17-3)18-10)16(20)19-6-4-14-13(11(19)2)5-7-21-14/h5,7-9,11H,4,6H2,1-3H3,(H,17,18). The van der Waals surface area contributed by atoms with Crippen LogP contribution in [0.15, 0.2) is 23.6 Å². The van der Waals surface area contributed by atoms with Gasteiger partial charge in [0.2, 0.25) is 0 Å². The zero-order valence-electron chi connectivity index (χ0n) is 12.5. The summed E-state index contributed by atoms with van der Waals surface area (Å²) < 4.78 is 0. The summed E-state index contributed by atoms with van der Waals surface area (Å²) in [5, 5.41) is 5.12. The van der Waals surface area contributed by atoms with Gasteiger partial charge in [0.1, 0.15) is 5.82 Å². The van der Waals surface area contributed by atoms with E-state index in [4.69, 9.17) is 0 Å². The van der Waals surface area contributed by atoms with Crippen LogP contribution in [0.3, 0.4) is 0 Å². The molecule has 1 aliphatic heterocycles. The van der Waals surface area contributed by atoms with Gasteiger partial charge in [0.15, 0.2) is 0 Å². The highest BCUT2D eigenvalue weighted by atomic mass is 32.1. The number of carbonyl (C=O) groups is 1. The van der Waals surface area contributed by atoms with E-state index in [1.165, 1.54) is 10.4 Å². The van der Waals surface area contributed by atoms with Crippen molar-refractivity contribution in [3.63, 3.8) is 0 Å². The van der Waals surface area contributed by atoms with Gasteiger partial charge in [0, 0.05) is 29.7 Å². The number of amides is 1. The molecule has 1 N–H and O–H groups in total. The van der Waals surface area contributed by atoms with Crippen molar-refractivity contribution < 1.29 is 4.79 Å². The van der Waals surface area contributed by atoms with Crippen molar-refractivity contribution in [2.24, 2.45) is 0 Å². The van der Waals surface area contributed by atoms with Crippen LogP contribution < -0.4 is 5.32 Å². The summed E-state index contributed by atoms with van der Waals surface area (Å²) in [5.74, 6) is 0.820. The number of thiophene rings is 1. The number of fused-ring (bicyclic) bond motifs is 1. The molecule has 1 amide bonds. The topological polar surface area (TPSA) is 45.2 Å². The molecule has 4 nitrogen and oxygen atoms in total. The van der Waals surface area contributed by atoms with Crippen molar-refractivity contribution >= 4 is 23.1 Å². The number of nitrogens with one attached hydrogen (secondary N) is 1. The number of carbonyl (C=O) groups excluding carboxylic acids is 1. The fourth-order valence-electron chi connectivity index (χ4n) is 2.87. The first-order valence-corrected chi connectivity index (χ1v) is 8.02. The molecule has 0 aliphatic carbocycles. The summed E-state index contributed by atoms with van der Waals surface area (Å²) in [6, 6.07) is 5.96. The van der Waals surface area contributed by atoms with Crippen molar-refractivity contribution in [2.75, 3.05) is 18.9 Å². The van der Waals surface area contributed by atoms with Crippen LogP contribution in [0.4, 0.5) is 5.82 Å². The van der Waals surface area contributed by atoms with Crippen molar-refractivity contribution in [3.05, 3.63) is 45.3 Å². The molecule has 0 fully saturated rings. The van der Waals surface area contributed by atoms with E-state index in [-0.39, 0.29) is 11.9 Å². The highest BCUT2D eigenvalue weighted by molar-refractivity contribution is 7.10. The van der Waals surface area contributed by atoms with Gasteiger partial charge in [-0.15, -0.1) is 11.3 Å². The predicted molar refractivity (Wildman–Crippen MR) is 86.0 cm³/mol. The Morgan fingerprint density at radius 1 is 1.48 bits per heavy atom. The van der Waals surface area contributed by atoms with E-state index in [0.717, 1.165) is 24.5 Å². The van der Waals surface area contributed by atoms with Crippen LogP contribution in [0.25, 0.3) is 0 Å². The van der Waals surface area contributed by atoms with Gasteiger partial charge in [0.05, 0.1) is 6.04 Å². The predicted octanol–water partition coefficient (Wildman–Crippen LogP) is 3.25. The number of anilines is 1. The Morgan fingerprint density at radius 3 is 3.05 bits per heavy atom. The molecule has 0 aromatic carbocycles. The van der Waals surface area contributed by atoms with Crippen LogP contribution in [0, 0.1) is 6.92 Å². The number of nitrogens with zero attached hydrogens (tertiary/aromatic N) is 2. The Balaban J connectivity index is 1.91. The molecule has 0 saturated heterocycles. The first-order chi connectivity index (χ1) is 10.1. The Labute approximate surface area is 128 Å². The summed E-state index contributed by atoms with van der Waals surface area (Å²) in [7, 11) is 1.82. The lowest BCUT2D eigenvalue weighted by molar-refractivity contribution is 0.0679. The molecule has 5 heteroatoms. The fraction of sp³-hybridized carbons (Fsp3) is 0.375. The Morgan fingerprint density at radius 2 is 2.29 bits per heavy atom. The highest BCUT2D eigenvalue weighted by Gasteiger charge is 2.29. The van der Waals surface area contributed by atoms with Crippen LogP contribution in [0.1, 0.15) is 39.5 Å². The van der Waals surface area contributed by atoms with Crippen LogP contribution in [-0.4, -0.2) is 29.4 Å². The molecule has 1 aliphatic rings. The minimum absolute atomic E-state index is 0.0846. The van der Waals surface area contributed by atoms with Crippen molar-refractivity contribution in [2.45, 2.75) is 26.3 Å². The zero-order chi connectivity index (χ0) is 15.0. The second kappa shape index (κ2) is 5.48. The maximum Gasteiger partial charge on any atom is 0.254 e. The minimum atomic E-state index is 0.0846. The molecule has 0 saturated carbocycles. The van der Waals surface area contributed by atoms with Gasteiger partial charge in [-0.3, -0.25) is 4.79 Å². The number of aromatic nitrogens is 1. The Hall–Kier alpha value is -1.88. The van der Waals surface area contributed by atoms with Gasteiger partial charge in [-0.05, 0) is 49.4 Å². The van der Waals surface area contributed by atoms with E-state index in [0.29, 0.717) is 5.56 Å². The molecule has 0 spiro atoms. The average molecular weight is 301 g/mol. The average Bonchev–Trinajstić information content (AvgIpc) is 2.95. The molecular weight excluding hydrogens is 282 g/mol. The maximum atomic E-state index is 12.8. The summed E-state index contributed by atoms with van der Waals surface area (Å²) in [5.41, 5.74) is 2.85. The smallest absolute Gasteiger partial charge is 0.254 e. The van der Waals surface area contributed by atoms with Crippen LogP contribution in [0.5, 0.6) is 0 Å². The van der Waals surface area contributed by atoms with Crippen LogP contribution in [-0.2, 0) is 6.42 Å². The van der Waals surface area contributed by atoms with Gasteiger partial charge < -0.3 is 10.2 Å². The number of aryl methyl sites for hydroxylation is 1. The van der Waals surface area contributed by atoms with E-state index in [1.54, 1.807) is 11.3 Å². The largest absolute Gasteiger partial charge is 0.373 e. The maximum absolute atomic E-state index is 12.8. The third-order valence-electron chi connectivity index (χ3n) is 3.99. The first-order valence-electron chi connectivity index (χ1n) is 7.14. The molecule has 2 aromatic rings. The Kier molecular flexibility index (Phi) is 3.68. The van der Waals surface area contributed by atoms with Gasteiger partial charge >= 0.3 is 0 Å². The number of rotatable bonds is 2. The highest BCUT2D eigenvalue weighted by Crippen LogP contribution is 2.33. The van der Waals surface area contributed by atoms with E-state index >= 15 is 0 Å². The van der Waals surface area contributed by atoms with Crippen molar-refractivity contribution in [3.8, 4) is 0 Å². The number of pyridine rings is 1. The van der Waals surface area contributed by atoms with E-state index in [9.17, 15) is 4.79 Å². The molecule has 0 bridgehead atoms. The third kappa shape index (κ3) is 2.53.